The Bertz CT molecular complexity index is 670. The first-order chi connectivity index (χ1) is 9.84. The van der Waals surface area contributed by atoms with Crippen LogP contribution < -0.4 is 16.8 Å². The van der Waals surface area contributed by atoms with E-state index in [1.807, 2.05) is 0 Å². The van der Waals surface area contributed by atoms with Crippen LogP contribution >= 0.6 is 0 Å². The topological polar surface area (TPSA) is 139 Å². The lowest BCUT2D eigenvalue weighted by Crippen LogP contribution is -2.61. The van der Waals surface area contributed by atoms with Gasteiger partial charge in [0.25, 0.3) is 5.91 Å². The summed E-state index contributed by atoms with van der Waals surface area (Å²) in [5.41, 5.74) is 12.1. The molecule has 3 amide bonds. The molecule has 2 heterocycles. The zero-order valence-corrected chi connectivity index (χ0v) is 11.0. The van der Waals surface area contributed by atoms with Crippen LogP contribution in [0.25, 0.3) is 0 Å². The molecule has 0 radical (unpaired) electrons. The van der Waals surface area contributed by atoms with Crippen LogP contribution in [0.15, 0.2) is 18.2 Å². The van der Waals surface area contributed by atoms with Gasteiger partial charge in [0.1, 0.15) is 6.04 Å². The molecule has 1 aromatic rings. The molecular weight excluding hydrogens is 276 g/mol. The van der Waals surface area contributed by atoms with Gasteiger partial charge >= 0.3 is 0 Å². The lowest BCUT2D eigenvalue weighted by molar-refractivity contribution is -0.148. The molecular formula is C13H14N4O4. The molecule has 110 valence electrons. The smallest absolute Gasteiger partial charge is 0.258 e. The van der Waals surface area contributed by atoms with Crippen molar-refractivity contribution in [2.45, 2.75) is 24.7 Å². The van der Waals surface area contributed by atoms with E-state index in [9.17, 15) is 19.5 Å². The fraction of sp³-hybridized carbons (Fsp3) is 0.308. The Morgan fingerprint density at radius 3 is 2.67 bits per heavy atom. The second kappa shape index (κ2) is 4.27. The van der Waals surface area contributed by atoms with Gasteiger partial charge in [-0.05, 0) is 18.6 Å². The van der Waals surface area contributed by atoms with E-state index in [4.69, 9.17) is 11.5 Å². The number of nitrogens with zero attached hydrogens (tertiary/aromatic N) is 1. The fourth-order valence-corrected chi connectivity index (χ4v) is 2.87. The van der Waals surface area contributed by atoms with Crippen molar-refractivity contribution < 1.29 is 19.5 Å². The van der Waals surface area contributed by atoms with Crippen molar-refractivity contribution in [2.75, 3.05) is 5.73 Å². The Hall–Kier alpha value is -2.45. The molecule has 21 heavy (non-hydrogen) atoms. The number of aliphatic hydroxyl groups is 1. The third kappa shape index (κ3) is 1.80. The Morgan fingerprint density at radius 2 is 2.05 bits per heavy atom. The maximum absolute atomic E-state index is 12.5. The summed E-state index contributed by atoms with van der Waals surface area (Å²) >= 11 is 0. The number of nitrogens with one attached hydrogen (secondary N) is 1. The first-order valence-electron chi connectivity index (χ1n) is 6.41. The molecule has 1 fully saturated rings. The maximum Gasteiger partial charge on any atom is 0.258 e. The molecule has 3 rings (SSSR count). The van der Waals surface area contributed by atoms with E-state index in [2.05, 4.69) is 5.32 Å². The van der Waals surface area contributed by atoms with Crippen molar-refractivity contribution in [3.8, 4) is 0 Å². The highest BCUT2D eigenvalue weighted by Crippen LogP contribution is 2.39. The number of benzene rings is 1. The summed E-state index contributed by atoms with van der Waals surface area (Å²) in [7, 11) is 0. The minimum absolute atomic E-state index is 0.0715. The van der Waals surface area contributed by atoms with Crippen molar-refractivity contribution in [1.29, 1.82) is 0 Å². The molecule has 0 bridgehead atoms. The minimum Gasteiger partial charge on any atom is -0.398 e. The number of fused-ring (bicyclic) bond motifs is 1. The third-order valence-corrected chi connectivity index (χ3v) is 3.80. The second-order valence-electron chi connectivity index (χ2n) is 5.14. The number of carbonyl (C=O) groups excluding carboxylic acids is 3. The van der Waals surface area contributed by atoms with Crippen LogP contribution in [0.4, 0.5) is 5.69 Å². The van der Waals surface area contributed by atoms with Gasteiger partial charge in [-0.2, -0.15) is 0 Å². The van der Waals surface area contributed by atoms with Gasteiger partial charge in [-0.15, -0.1) is 0 Å². The Balaban J connectivity index is 2.06. The molecule has 2 atom stereocenters. The van der Waals surface area contributed by atoms with E-state index in [0.717, 1.165) is 4.90 Å². The summed E-state index contributed by atoms with van der Waals surface area (Å²) in [6.45, 7) is 0. The van der Waals surface area contributed by atoms with Gasteiger partial charge in [0, 0.05) is 12.1 Å². The van der Waals surface area contributed by atoms with Crippen molar-refractivity contribution in [3.05, 3.63) is 29.3 Å². The Labute approximate surface area is 119 Å². The molecule has 2 aliphatic heterocycles. The Kier molecular flexibility index (Phi) is 2.75. The molecule has 0 aliphatic carbocycles. The summed E-state index contributed by atoms with van der Waals surface area (Å²) in [5.74, 6) is -3.84. The molecule has 0 aromatic heterocycles. The second-order valence-corrected chi connectivity index (χ2v) is 5.14. The highest BCUT2D eigenvalue weighted by molar-refractivity contribution is 6.06. The number of anilines is 1. The molecule has 8 nitrogen and oxygen atoms in total. The van der Waals surface area contributed by atoms with Gasteiger partial charge in [-0.1, -0.05) is 6.07 Å². The fourth-order valence-electron chi connectivity index (χ4n) is 2.87. The Morgan fingerprint density at radius 1 is 1.33 bits per heavy atom. The number of piperidine rings is 1. The highest BCUT2D eigenvalue weighted by atomic mass is 16.3. The largest absolute Gasteiger partial charge is 0.398 e. The predicted octanol–water partition coefficient (Wildman–Crippen LogP) is -1.41. The number of hydrogen-bond acceptors (Lipinski definition) is 6. The van der Waals surface area contributed by atoms with Crippen molar-refractivity contribution in [3.63, 3.8) is 0 Å². The quantitative estimate of drug-likeness (QED) is 0.285. The van der Waals surface area contributed by atoms with Gasteiger partial charge < -0.3 is 10.8 Å². The van der Waals surface area contributed by atoms with Gasteiger partial charge in [-0.3, -0.25) is 30.3 Å². The third-order valence-electron chi connectivity index (χ3n) is 3.80. The van der Waals surface area contributed by atoms with Crippen molar-refractivity contribution >= 4 is 23.4 Å². The molecule has 1 saturated heterocycles. The summed E-state index contributed by atoms with van der Waals surface area (Å²) < 4.78 is 0. The van der Waals surface area contributed by atoms with E-state index in [1.54, 1.807) is 6.07 Å². The number of amides is 3. The first kappa shape index (κ1) is 13.5. The molecule has 2 aliphatic rings. The maximum atomic E-state index is 12.5. The highest BCUT2D eigenvalue weighted by Gasteiger charge is 2.52. The molecule has 6 N–H and O–H groups in total. The lowest BCUT2D eigenvalue weighted by Gasteiger charge is -2.37. The van der Waals surface area contributed by atoms with Crippen molar-refractivity contribution in [1.82, 2.24) is 10.2 Å². The molecule has 1 aromatic carbocycles. The van der Waals surface area contributed by atoms with E-state index in [1.165, 1.54) is 12.1 Å². The molecule has 0 spiro atoms. The predicted molar refractivity (Wildman–Crippen MR) is 71.3 cm³/mol. The van der Waals surface area contributed by atoms with Crippen molar-refractivity contribution in [2.24, 2.45) is 5.73 Å². The number of hydrogen-bond donors (Lipinski definition) is 4. The van der Waals surface area contributed by atoms with E-state index < -0.39 is 29.6 Å². The zero-order valence-electron chi connectivity index (χ0n) is 11.0. The van der Waals surface area contributed by atoms with E-state index in [-0.39, 0.29) is 29.7 Å². The summed E-state index contributed by atoms with van der Waals surface area (Å²) in [6, 6.07) is 3.54. The SMILES string of the molecule is Nc1cccc2c1C(N)(O)N(C1CCC(=O)NC1=O)C2=O. The summed E-state index contributed by atoms with van der Waals surface area (Å²) in [6.07, 6.45) is 0.173. The zero-order chi connectivity index (χ0) is 15.4. The standard InChI is InChI=1S/C13H14N4O4/c14-7-3-1-2-6-10(7)13(15,21)17(12(6)20)8-4-5-9(18)16-11(8)19/h1-3,8,21H,4-5,14-15H2,(H,16,18,19). The van der Waals surface area contributed by atoms with Crippen LogP contribution in [0.2, 0.25) is 0 Å². The van der Waals surface area contributed by atoms with E-state index >= 15 is 0 Å². The normalized spacial score (nSPS) is 28.6. The first-order valence-corrected chi connectivity index (χ1v) is 6.41. The number of nitrogen functional groups attached to an aromatic ring is 1. The van der Waals surface area contributed by atoms with Crippen LogP contribution in [0, 0.1) is 0 Å². The average molecular weight is 290 g/mol. The molecule has 2 unspecified atom stereocenters. The van der Waals surface area contributed by atoms with Gasteiger partial charge in [0.15, 0.2) is 0 Å². The summed E-state index contributed by atoms with van der Waals surface area (Å²) in [4.78, 5) is 36.5. The monoisotopic (exact) mass is 290 g/mol. The van der Waals surface area contributed by atoms with Crippen LogP contribution in [0.5, 0.6) is 0 Å². The number of imide groups is 1. The molecule has 0 saturated carbocycles. The number of carbonyl (C=O) groups is 3. The number of nitrogens with two attached hydrogens (primary N) is 2. The van der Waals surface area contributed by atoms with Crippen LogP contribution in [0.3, 0.4) is 0 Å². The van der Waals surface area contributed by atoms with Gasteiger partial charge in [0.05, 0.1) is 11.1 Å². The number of rotatable bonds is 1. The molecule has 8 heteroatoms. The van der Waals surface area contributed by atoms with E-state index in [0.29, 0.717) is 0 Å². The minimum atomic E-state index is -2.18. The average Bonchev–Trinajstić information content (AvgIpc) is 2.60. The van der Waals surface area contributed by atoms with Crippen LogP contribution in [0.1, 0.15) is 28.8 Å². The van der Waals surface area contributed by atoms with Crippen LogP contribution in [-0.4, -0.2) is 33.8 Å². The van der Waals surface area contributed by atoms with Gasteiger partial charge in [-0.25, -0.2) is 0 Å². The van der Waals surface area contributed by atoms with Gasteiger partial charge in [0.2, 0.25) is 17.7 Å². The summed E-state index contributed by atoms with van der Waals surface area (Å²) in [5, 5.41) is 12.7. The lowest BCUT2D eigenvalue weighted by atomic mass is 10.0. The van der Waals surface area contributed by atoms with Crippen LogP contribution in [-0.2, 0) is 15.4 Å².